The number of hydrogen-bond acceptors (Lipinski definition) is 5. The van der Waals surface area contributed by atoms with Crippen molar-refractivity contribution in [2.24, 2.45) is 17.3 Å². The maximum Gasteiger partial charge on any atom is 0.407 e. The summed E-state index contributed by atoms with van der Waals surface area (Å²) in [5, 5.41) is 2.75. The Kier molecular flexibility index (Phi) is 11.3. The van der Waals surface area contributed by atoms with Crippen LogP contribution in [0.15, 0.2) is 72.9 Å². The lowest BCUT2D eigenvalue weighted by molar-refractivity contribution is -0.135. The molecule has 5 aromatic rings. The fourth-order valence-electron chi connectivity index (χ4n) is 9.79. The van der Waals surface area contributed by atoms with Gasteiger partial charge in [-0.25, -0.2) is 14.8 Å². The SMILES string of the molecule is CCC(C)C/C=C\C(C)c1ncc(-c2ccc(-c3ccc(-c4ccc5nc(C6CCCN6C(=O)C(NC(=O)OC)C(C)C)[nH]c5c4)c4c3CC3(CCCC3)C4)cc2)[nH]1. The number of amides is 2. The van der Waals surface area contributed by atoms with Gasteiger partial charge in [-0.2, -0.15) is 0 Å². The first-order chi connectivity index (χ1) is 28.1. The van der Waals surface area contributed by atoms with Crippen molar-refractivity contribution in [1.82, 2.24) is 30.2 Å². The van der Waals surface area contributed by atoms with Crippen LogP contribution in [0.5, 0.6) is 0 Å². The number of benzene rings is 3. The van der Waals surface area contributed by atoms with E-state index in [2.05, 4.69) is 103 Å². The van der Waals surface area contributed by atoms with Gasteiger partial charge in [-0.05, 0) is 113 Å². The lowest BCUT2D eigenvalue weighted by atomic mass is 9.82. The zero-order chi connectivity index (χ0) is 40.6. The van der Waals surface area contributed by atoms with Gasteiger partial charge in [-0.1, -0.05) is 108 Å². The number of carbonyl (C=O) groups excluding carboxylic acids is 2. The van der Waals surface area contributed by atoms with Gasteiger partial charge in [0.05, 0.1) is 36.1 Å². The van der Waals surface area contributed by atoms with Crippen molar-refractivity contribution >= 4 is 23.0 Å². The van der Waals surface area contributed by atoms with Crippen LogP contribution in [0.1, 0.15) is 121 Å². The molecule has 1 spiro atoms. The van der Waals surface area contributed by atoms with Crippen molar-refractivity contribution in [2.45, 2.75) is 117 Å². The van der Waals surface area contributed by atoms with Crippen LogP contribution in [-0.4, -0.2) is 56.5 Å². The van der Waals surface area contributed by atoms with Crippen LogP contribution in [0.3, 0.4) is 0 Å². The van der Waals surface area contributed by atoms with Gasteiger partial charge < -0.3 is 24.9 Å². The monoisotopic (exact) mass is 780 g/mol. The summed E-state index contributed by atoms with van der Waals surface area (Å²) in [6.45, 7) is 11.2. The molecule has 2 aromatic heterocycles. The molecule has 3 aromatic carbocycles. The predicted octanol–water partition coefficient (Wildman–Crippen LogP) is 11.1. The molecule has 304 valence electrons. The summed E-state index contributed by atoms with van der Waals surface area (Å²) in [6.07, 6.45) is 17.4. The number of methoxy groups -OCH3 is 1. The van der Waals surface area contributed by atoms with Crippen molar-refractivity contribution in [3.05, 3.63) is 95.7 Å². The molecule has 1 saturated carbocycles. The average molecular weight is 781 g/mol. The molecule has 2 fully saturated rings. The van der Waals surface area contributed by atoms with Gasteiger partial charge in [0.25, 0.3) is 0 Å². The first kappa shape index (κ1) is 39.6. The normalized spacial score (nSPS) is 19.0. The van der Waals surface area contributed by atoms with Crippen molar-refractivity contribution in [2.75, 3.05) is 13.7 Å². The third-order valence-corrected chi connectivity index (χ3v) is 13.4. The number of nitrogens with one attached hydrogen (secondary N) is 3. The third kappa shape index (κ3) is 7.84. The lowest BCUT2D eigenvalue weighted by Gasteiger charge is -2.29. The molecule has 2 amide bonds. The lowest BCUT2D eigenvalue weighted by Crippen LogP contribution is -2.51. The Morgan fingerprint density at radius 3 is 2.31 bits per heavy atom. The van der Waals surface area contributed by atoms with E-state index in [0.717, 1.165) is 66.0 Å². The second-order valence-electron chi connectivity index (χ2n) is 17.8. The zero-order valence-electron chi connectivity index (χ0n) is 35.2. The van der Waals surface area contributed by atoms with E-state index in [-0.39, 0.29) is 23.8 Å². The summed E-state index contributed by atoms with van der Waals surface area (Å²) in [7, 11) is 1.32. The number of allylic oxidation sites excluding steroid dienone is 2. The second-order valence-corrected chi connectivity index (χ2v) is 17.8. The van der Waals surface area contributed by atoms with Crippen LogP contribution in [0.25, 0.3) is 44.5 Å². The first-order valence-corrected chi connectivity index (χ1v) is 21.7. The Labute approximate surface area is 343 Å². The number of aromatic nitrogens is 4. The molecule has 9 nitrogen and oxygen atoms in total. The van der Waals surface area contributed by atoms with E-state index >= 15 is 0 Å². The van der Waals surface area contributed by atoms with E-state index in [1.807, 2.05) is 24.9 Å². The zero-order valence-corrected chi connectivity index (χ0v) is 35.2. The summed E-state index contributed by atoms with van der Waals surface area (Å²) in [5.41, 5.74) is 12.5. The molecule has 4 atom stereocenters. The van der Waals surface area contributed by atoms with Crippen LogP contribution in [0, 0.1) is 17.3 Å². The Morgan fingerprint density at radius 1 is 0.931 bits per heavy atom. The number of nitrogens with zero attached hydrogens (tertiary/aromatic N) is 3. The van der Waals surface area contributed by atoms with Gasteiger partial charge in [0, 0.05) is 12.5 Å². The standard InChI is InChI=1S/C49H60N6O3/c1-7-31(4)12-10-13-32(5)45-50-29-42(53-45)34-17-15-33(16-18-34)36-20-21-37(39-28-49(27-38(36)39)23-8-9-24-49)35-19-22-40-41(26-35)52-46(51-40)43-14-11-25-55(43)47(56)44(30(2)3)54-48(57)58-6/h10,13,15-22,26,29-32,43-44H,7-9,11-12,14,23-25,27-28H2,1-6H3,(H,50,53)(H,51,52)(H,54,57)/b13-10-. The first-order valence-electron chi connectivity index (χ1n) is 21.7. The Bertz CT molecular complexity index is 2290. The molecule has 1 saturated heterocycles. The molecular formula is C49H60N6O3. The minimum Gasteiger partial charge on any atom is -0.453 e. The van der Waals surface area contributed by atoms with Gasteiger partial charge in [0.2, 0.25) is 5.91 Å². The molecule has 9 heteroatoms. The van der Waals surface area contributed by atoms with E-state index in [1.54, 1.807) is 0 Å². The molecule has 4 unspecified atom stereocenters. The number of hydrogen-bond donors (Lipinski definition) is 3. The summed E-state index contributed by atoms with van der Waals surface area (Å²) in [4.78, 5) is 44.7. The number of carbonyl (C=O) groups is 2. The fourth-order valence-corrected chi connectivity index (χ4v) is 9.79. The smallest absolute Gasteiger partial charge is 0.407 e. The van der Waals surface area contributed by atoms with E-state index in [1.165, 1.54) is 72.6 Å². The third-order valence-electron chi connectivity index (χ3n) is 13.4. The largest absolute Gasteiger partial charge is 0.453 e. The minimum absolute atomic E-state index is 0.0849. The number of rotatable bonds is 12. The maximum atomic E-state index is 13.8. The highest BCUT2D eigenvalue weighted by molar-refractivity contribution is 5.88. The van der Waals surface area contributed by atoms with Crippen LogP contribution in [-0.2, 0) is 22.4 Å². The van der Waals surface area contributed by atoms with Crippen molar-refractivity contribution < 1.29 is 14.3 Å². The number of alkyl carbamates (subject to hydrolysis) is 1. The topological polar surface area (TPSA) is 116 Å². The second kappa shape index (κ2) is 16.6. The van der Waals surface area contributed by atoms with E-state index < -0.39 is 12.1 Å². The van der Waals surface area contributed by atoms with Crippen LogP contribution in [0.2, 0.25) is 0 Å². The summed E-state index contributed by atoms with van der Waals surface area (Å²) >= 11 is 0. The minimum atomic E-state index is -0.666. The van der Waals surface area contributed by atoms with Gasteiger partial charge in [-0.15, -0.1) is 0 Å². The van der Waals surface area contributed by atoms with E-state index in [9.17, 15) is 9.59 Å². The van der Waals surface area contributed by atoms with Crippen molar-refractivity contribution in [1.29, 1.82) is 0 Å². The van der Waals surface area contributed by atoms with Crippen molar-refractivity contribution in [3.63, 3.8) is 0 Å². The molecular weight excluding hydrogens is 721 g/mol. The summed E-state index contributed by atoms with van der Waals surface area (Å²) in [5.74, 6) is 2.55. The highest BCUT2D eigenvalue weighted by Gasteiger charge is 2.42. The Morgan fingerprint density at radius 2 is 1.62 bits per heavy atom. The maximum absolute atomic E-state index is 13.8. The Balaban J connectivity index is 1.06. The highest BCUT2D eigenvalue weighted by atomic mass is 16.5. The van der Waals surface area contributed by atoms with Crippen LogP contribution >= 0.6 is 0 Å². The fraction of sp³-hybridized carbons (Fsp3) is 0.469. The number of H-pyrrole nitrogens is 2. The number of imidazole rings is 2. The quantitative estimate of drug-likeness (QED) is 0.109. The molecule has 58 heavy (non-hydrogen) atoms. The molecule has 1 aliphatic heterocycles. The van der Waals surface area contributed by atoms with E-state index in [0.29, 0.717) is 17.9 Å². The molecule has 3 heterocycles. The highest BCUT2D eigenvalue weighted by Crippen LogP contribution is 2.53. The van der Waals surface area contributed by atoms with Gasteiger partial charge in [0.1, 0.15) is 17.7 Å². The number of aromatic amines is 2. The predicted molar refractivity (Wildman–Crippen MR) is 232 cm³/mol. The summed E-state index contributed by atoms with van der Waals surface area (Å²) in [6, 6.07) is 19.4. The van der Waals surface area contributed by atoms with Crippen molar-refractivity contribution in [3.8, 4) is 33.5 Å². The van der Waals surface area contributed by atoms with Crippen LogP contribution in [0.4, 0.5) is 4.79 Å². The average Bonchev–Trinajstić information content (AvgIpc) is 4.09. The number of likely N-dealkylation sites (tertiary alicyclic amines) is 1. The van der Waals surface area contributed by atoms with Crippen LogP contribution < -0.4 is 5.32 Å². The van der Waals surface area contributed by atoms with Gasteiger partial charge >= 0.3 is 6.09 Å². The van der Waals surface area contributed by atoms with Gasteiger partial charge in [-0.3, -0.25) is 4.79 Å². The molecule has 0 bridgehead atoms. The number of ether oxygens (including phenoxy) is 1. The van der Waals surface area contributed by atoms with Gasteiger partial charge in [0.15, 0.2) is 0 Å². The molecule has 3 N–H and O–H groups in total. The van der Waals surface area contributed by atoms with E-state index in [4.69, 9.17) is 14.7 Å². The summed E-state index contributed by atoms with van der Waals surface area (Å²) < 4.78 is 4.82. The molecule has 3 aliphatic rings. The number of fused-ring (bicyclic) bond motifs is 2. The molecule has 2 aliphatic carbocycles. The molecule has 8 rings (SSSR count). The molecule has 0 radical (unpaired) electrons. The Hall–Kier alpha value is -5.18.